The van der Waals surface area contributed by atoms with Gasteiger partial charge in [0.2, 0.25) is 0 Å². The van der Waals surface area contributed by atoms with Crippen LogP contribution in [0.25, 0.3) is 4.91 Å². The summed E-state index contributed by atoms with van der Waals surface area (Å²) in [4.78, 5) is 27.5. The molecule has 0 bridgehead atoms. The van der Waals surface area contributed by atoms with E-state index in [1.807, 2.05) is 11.0 Å². The highest BCUT2D eigenvalue weighted by atomic mass is 32.2. The number of carbonyl (C=O) groups is 2. The van der Waals surface area contributed by atoms with E-state index in [1.165, 1.54) is 0 Å². The summed E-state index contributed by atoms with van der Waals surface area (Å²) < 4.78 is 34.2. The lowest BCUT2D eigenvalue weighted by atomic mass is 10.1. The normalized spacial score (nSPS) is 18.7. The first-order valence-corrected chi connectivity index (χ1v) is 11.3. The third-order valence-corrected chi connectivity index (χ3v) is 6.42. The standard InChI is InChI=1S/C20H26N4O5S/c1-3-29-17(25)14-21-20(26)24-11-7-10-23(12-13-24)19-15(2)18(30(27,28)22-19)16-8-5-4-6-9-16/h4-6,8-9H,3,7,10-14H2,1-2H3,(H,21,26). The van der Waals surface area contributed by atoms with Crippen LogP contribution in [0.2, 0.25) is 0 Å². The SMILES string of the molecule is CCOC(=O)CNC(=O)N1CCCN(C2=NS(=O)(=O)C(c3ccccc3)=C2C)CC1. The van der Waals surface area contributed by atoms with Crippen molar-refractivity contribution in [3.8, 4) is 0 Å². The molecule has 2 aliphatic heterocycles. The predicted octanol–water partition coefficient (Wildman–Crippen LogP) is 1.44. The maximum Gasteiger partial charge on any atom is 0.325 e. The number of amidine groups is 1. The number of ether oxygens (including phenoxy) is 1. The van der Waals surface area contributed by atoms with E-state index >= 15 is 0 Å². The molecule has 3 rings (SSSR count). The molecule has 1 fully saturated rings. The largest absolute Gasteiger partial charge is 0.465 e. The van der Waals surface area contributed by atoms with Crippen molar-refractivity contribution in [3.05, 3.63) is 41.5 Å². The highest BCUT2D eigenvalue weighted by Gasteiger charge is 2.34. The van der Waals surface area contributed by atoms with Crippen LogP contribution >= 0.6 is 0 Å². The van der Waals surface area contributed by atoms with Crippen LogP contribution < -0.4 is 5.32 Å². The van der Waals surface area contributed by atoms with E-state index in [2.05, 4.69) is 9.71 Å². The number of urea groups is 1. The average molecular weight is 435 g/mol. The second-order valence-corrected chi connectivity index (χ2v) is 8.54. The van der Waals surface area contributed by atoms with Gasteiger partial charge in [-0.25, -0.2) is 4.79 Å². The summed E-state index contributed by atoms with van der Waals surface area (Å²) in [7, 11) is -3.77. The zero-order valence-corrected chi connectivity index (χ0v) is 17.9. The molecule has 0 unspecified atom stereocenters. The van der Waals surface area contributed by atoms with Gasteiger partial charge in [0.1, 0.15) is 17.3 Å². The minimum atomic E-state index is -3.77. The fourth-order valence-electron chi connectivity index (χ4n) is 3.58. The number of hydrogen-bond acceptors (Lipinski definition) is 6. The Labute approximate surface area is 176 Å². The lowest BCUT2D eigenvalue weighted by molar-refractivity contribution is -0.141. The number of nitrogens with zero attached hydrogens (tertiary/aromatic N) is 3. The molecule has 0 spiro atoms. The number of sulfonamides is 1. The predicted molar refractivity (Wildman–Crippen MR) is 113 cm³/mol. The monoisotopic (exact) mass is 434 g/mol. The molecule has 162 valence electrons. The first-order chi connectivity index (χ1) is 14.3. The maximum absolute atomic E-state index is 12.7. The second kappa shape index (κ2) is 9.29. The second-order valence-electron chi connectivity index (χ2n) is 7.00. The van der Waals surface area contributed by atoms with Crippen molar-refractivity contribution in [3.63, 3.8) is 0 Å². The van der Waals surface area contributed by atoms with Gasteiger partial charge in [0, 0.05) is 31.8 Å². The van der Waals surface area contributed by atoms with Crippen molar-refractivity contribution < 1.29 is 22.7 Å². The Balaban J connectivity index is 1.69. The van der Waals surface area contributed by atoms with Crippen molar-refractivity contribution in [1.82, 2.24) is 15.1 Å². The van der Waals surface area contributed by atoms with Gasteiger partial charge in [-0.15, -0.1) is 4.40 Å². The fourth-order valence-corrected chi connectivity index (χ4v) is 5.06. The van der Waals surface area contributed by atoms with Crippen molar-refractivity contribution >= 4 is 32.8 Å². The van der Waals surface area contributed by atoms with Gasteiger partial charge in [-0.05, 0) is 25.8 Å². The summed E-state index contributed by atoms with van der Waals surface area (Å²) >= 11 is 0. The molecular weight excluding hydrogens is 408 g/mol. The van der Waals surface area contributed by atoms with E-state index in [0.29, 0.717) is 49.6 Å². The molecule has 1 saturated heterocycles. The summed E-state index contributed by atoms with van der Waals surface area (Å²) in [5.74, 6) is -0.0512. The van der Waals surface area contributed by atoms with E-state index in [9.17, 15) is 18.0 Å². The molecule has 0 atom stereocenters. The molecule has 10 heteroatoms. The van der Waals surface area contributed by atoms with Crippen LogP contribution in [0.1, 0.15) is 25.8 Å². The van der Waals surface area contributed by atoms with Gasteiger partial charge >= 0.3 is 12.0 Å². The van der Waals surface area contributed by atoms with Crippen molar-refractivity contribution in [2.24, 2.45) is 4.40 Å². The van der Waals surface area contributed by atoms with Crippen LogP contribution in [0.5, 0.6) is 0 Å². The highest BCUT2D eigenvalue weighted by molar-refractivity contribution is 8.00. The number of carbonyl (C=O) groups excluding carboxylic acids is 2. The minimum Gasteiger partial charge on any atom is -0.465 e. The number of esters is 1. The van der Waals surface area contributed by atoms with Crippen molar-refractivity contribution in [2.45, 2.75) is 20.3 Å². The van der Waals surface area contributed by atoms with E-state index in [4.69, 9.17) is 4.74 Å². The molecule has 1 aromatic rings. The zero-order valence-electron chi connectivity index (χ0n) is 17.1. The average Bonchev–Trinajstić information content (AvgIpc) is 2.87. The molecule has 9 nitrogen and oxygen atoms in total. The smallest absolute Gasteiger partial charge is 0.325 e. The molecular formula is C20H26N4O5S. The summed E-state index contributed by atoms with van der Waals surface area (Å²) in [6, 6.07) is 8.59. The van der Waals surface area contributed by atoms with Gasteiger partial charge < -0.3 is 19.9 Å². The molecule has 2 aliphatic rings. The summed E-state index contributed by atoms with van der Waals surface area (Å²) in [6.45, 7) is 5.46. The van der Waals surface area contributed by atoms with Gasteiger partial charge in [-0.3, -0.25) is 4.79 Å². The Morgan fingerprint density at radius 2 is 1.87 bits per heavy atom. The number of rotatable bonds is 4. The topological polar surface area (TPSA) is 108 Å². The Morgan fingerprint density at radius 1 is 1.13 bits per heavy atom. The highest BCUT2D eigenvalue weighted by Crippen LogP contribution is 2.33. The fraction of sp³-hybridized carbons (Fsp3) is 0.450. The van der Waals surface area contributed by atoms with Gasteiger partial charge in [0.05, 0.1) is 6.61 Å². The Bertz CT molecular complexity index is 972. The van der Waals surface area contributed by atoms with E-state index in [-0.39, 0.29) is 24.1 Å². The molecule has 2 heterocycles. The molecule has 2 amide bonds. The third-order valence-electron chi connectivity index (χ3n) is 4.95. The molecule has 0 radical (unpaired) electrons. The van der Waals surface area contributed by atoms with E-state index < -0.39 is 16.0 Å². The number of hydrogen-bond donors (Lipinski definition) is 1. The molecule has 0 aliphatic carbocycles. The zero-order chi connectivity index (χ0) is 21.7. The van der Waals surface area contributed by atoms with Crippen LogP contribution in [0.3, 0.4) is 0 Å². The van der Waals surface area contributed by atoms with Crippen LogP contribution in [0.15, 0.2) is 40.3 Å². The van der Waals surface area contributed by atoms with E-state index in [0.717, 1.165) is 0 Å². The first-order valence-electron chi connectivity index (χ1n) is 9.88. The van der Waals surface area contributed by atoms with Crippen molar-refractivity contribution in [1.29, 1.82) is 0 Å². The number of amides is 2. The van der Waals surface area contributed by atoms with Gasteiger partial charge in [-0.2, -0.15) is 8.42 Å². The summed E-state index contributed by atoms with van der Waals surface area (Å²) in [5.41, 5.74) is 1.23. The van der Waals surface area contributed by atoms with Crippen LogP contribution in [0, 0.1) is 0 Å². The maximum atomic E-state index is 12.7. The minimum absolute atomic E-state index is 0.180. The lowest BCUT2D eigenvalue weighted by Crippen LogP contribution is -2.44. The summed E-state index contributed by atoms with van der Waals surface area (Å²) in [5, 5.41) is 2.56. The van der Waals surface area contributed by atoms with Gasteiger partial charge in [0.25, 0.3) is 10.0 Å². The van der Waals surface area contributed by atoms with Crippen LogP contribution in [0.4, 0.5) is 4.79 Å². The summed E-state index contributed by atoms with van der Waals surface area (Å²) in [6.07, 6.45) is 0.653. The lowest BCUT2D eigenvalue weighted by Gasteiger charge is -2.23. The molecule has 30 heavy (non-hydrogen) atoms. The first kappa shape index (κ1) is 21.8. The Hall–Kier alpha value is -2.88. The quantitative estimate of drug-likeness (QED) is 0.719. The number of benzene rings is 1. The van der Waals surface area contributed by atoms with Crippen LogP contribution in [-0.4, -0.2) is 75.4 Å². The van der Waals surface area contributed by atoms with Gasteiger partial charge in [-0.1, -0.05) is 30.3 Å². The van der Waals surface area contributed by atoms with E-state index in [1.54, 1.807) is 43.0 Å². The molecule has 1 N–H and O–H groups in total. The number of nitrogens with one attached hydrogen (secondary N) is 1. The van der Waals surface area contributed by atoms with Crippen LogP contribution in [-0.2, 0) is 19.6 Å². The Morgan fingerprint density at radius 3 is 2.57 bits per heavy atom. The molecule has 0 aromatic heterocycles. The Kier molecular flexibility index (Phi) is 6.76. The molecule has 1 aromatic carbocycles. The van der Waals surface area contributed by atoms with Crippen molar-refractivity contribution in [2.75, 3.05) is 39.3 Å². The van der Waals surface area contributed by atoms with Gasteiger partial charge in [0.15, 0.2) is 0 Å². The third kappa shape index (κ3) is 4.81. The molecule has 0 saturated carbocycles.